The van der Waals surface area contributed by atoms with E-state index >= 15 is 0 Å². The highest BCUT2D eigenvalue weighted by atomic mass is 15.0. The Morgan fingerprint density at radius 2 is 0.820 bits per heavy atom. The van der Waals surface area contributed by atoms with Crippen molar-refractivity contribution in [3.63, 3.8) is 0 Å². The minimum atomic E-state index is 0.686. The predicted molar refractivity (Wildman–Crippen MR) is 256 cm³/mol. The van der Waals surface area contributed by atoms with Crippen LogP contribution in [0.2, 0.25) is 0 Å². The third-order valence-corrected chi connectivity index (χ3v) is 12.2. The number of hydrogen-bond acceptors (Lipinski definition) is 2. The van der Waals surface area contributed by atoms with Gasteiger partial charge >= 0.3 is 0 Å². The first-order valence-corrected chi connectivity index (χ1v) is 20.8. The second-order valence-electron chi connectivity index (χ2n) is 15.8. The van der Waals surface area contributed by atoms with E-state index in [1.54, 1.807) is 0 Å². The van der Waals surface area contributed by atoms with Gasteiger partial charge < -0.3 is 4.57 Å². The zero-order valence-electron chi connectivity index (χ0n) is 33.2. The molecule has 0 aliphatic heterocycles. The normalized spacial score (nSPS) is 11.6. The molecule has 0 unspecified atom stereocenters. The molecule has 0 atom stereocenters. The van der Waals surface area contributed by atoms with Crippen molar-refractivity contribution in [1.82, 2.24) is 14.5 Å². The molecule has 12 aromatic rings. The molecule has 2 heterocycles. The Bertz CT molecular complexity index is 3570. The van der Waals surface area contributed by atoms with E-state index in [4.69, 9.17) is 9.97 Å². The largest absolute Gasteiger partial charge is 0.309 e. The Balaban J connectivity index is 1.01. The maximum Gasteiger partial charge on any atom is 0.160 e. The standard InChI is InChI=1S/C58H37N3/c1-2-13-38(14-3-1)39-25-31-43(32-26-39)58-59-53(37-54(60-58)45-17-12-18-46(35-45)61-55-23-10-8-21-49(55)50-22-9-11-24-56(50)61)41-27-29-42(30-28-41)57-48-20-7-5-16-44(48)36-52-47-19-6-4-15-40(47)33-34-51(52)57/h1-37H. The van der Waals surface area contributed by atoms with Crippen LogP contribution in [0, 0.1) is 0 Å². The van der Waals surface area contributed by atoms with Crippen LogP contribution in [0.15, 0.2) is 224 Å². The fraction of sp³-hybridized carbons (Fsp3) is 0. The lowest BCUT2D eigenvalue weighted by atomic mass is 9.89. The van der Waals surface area contributed by atoms with Gasteiger partial charge in [0.25, 0.3) is 0 Å². The van der Waals surface area contributed by atoms with Gasteiger partial charge in [0, 0.05) is 33.2 Å². The van der Waals surface area contributed by atoms with E-state index in [0.29, 0.717) is 5.82 Å². The molecule has 0 aliphatic carbocycles. The van der Waals surface area contributed by atoms with Crippen molar-refractivity contribution in [3.05, 3.63) is 224 Å². The lowest BCUT2D eigenvalue weighted by Crippen LogP contribution is -1.98. The van der Waals surface area contributed by atoms with Crippen LogP contribution in [0.5, 0.6) is 0 Å². The average Bonchev–Trinajstić information content (AvgIpc) is 3.68. The number of benzene rings is 10. The minimum Gasteiger partial charge on any atom is -0.309 e. The minimum absolute atomic E-state index is 0.686. The van der Waals surface area contributed by atoms with Crippen LogP contribution < -0.4 is 0 Å². The van der Waals surface area contributed by atoms with Gasteiger partial charge in [-0.05, 0) is 91.0 Å². The zero-order chi connectivity index (χ0) is 40.3. The van der Waals surface area contributed by atoms with E-state index in [2.05, 4.69) is 223 Å². The van der Waals surface area contributed by atoms with E-state index in [1.165, 1.54) is 70.8 Å². The van der Waals surface area contributed by atoms with Crippen LogP contribution in [0.4, 0.5) is 0 Å². The summed E-state index contributed by atoms with van der Waals surface area (Å²) in [6, 6.07) is 80.5. The summed E-state index contributed by atoms with van der Waals surface area (Å²) in [6.07, 6.45) is 0. The van der Waals surface area contributed by atoms with Crippen LogP contribution in [0.25, 0.3) is 116 Å². The van der Waals surface area contributed by atoms with Gasteiger partial charge in [0.15, 0.2) is 5.82 Å². The second-order valence-corrected chi connectivity index (χ2v) is 15.8. The molecule has 284 valence electrons. The molecule has 0 fully saturated rings. The number of hydrogen-bond donors (Lipinski definition) is 0. The molecule has 0 saturated carbocycles. The lowest BCUT2D eigenvalue weighted by Gasteiger charge is -2.15. The van der Waals surface area contributed by atoms with Crippen molar-refractivity contribution >= 4 is 54.1 Å². The van der Waals surface area contributed by atoms with Crippen molar-refractivity contribution in [3.8, 4) is 61.8 Å². The van der Waals surface area contributed by atoms with E-state index in [1.807, 2.05) is 6.07 Å². The molecule has 0 spiro atoms. The molecule has 3 nitrogen and oxygen atoms in total. The summed E-state index contributed by atoms with van der Waals surface area (Å²) in [5, 5.41) is 9.98. The van der Waals surface area contributed by atoms with Gasteiger partial charge in [-0.25, -0.2) is 9.97 Å². The molecular formula is C58H37N3. The molecule has 0 saturated heterocycles. The Morgan fingerprint density at radius 3 is 1.56 bits per heavy atom. The summed E-state index contributed by atoms with van der Waals surface area (Å²) >= 11 is 0. The highest BCUT2D eigenvalue weighted by molar-refractivity contribution is 6.20. The monoisotopic (exact) mass is 775 g/mol. The molecule has 2 aromatic heterocycles. The van der Waals surface area contributed by atoms with E-state index < -0.39 is 0 Å². The highest BCUT2D eigenvalue weighted by Gasteiger charge is 2.17. The van der Waals surface area contributed by atoms with Gasteiger partial charge in [0.1, 0.15) is 0 Å². The third kappa shape index (κ3) is 5.98. The summed E-state index contributed by atoms with van der Waals surface area (Å²) in [5.41, 5.74) is 12.9. The van der Waals surface area contributed by atoms with Crippen LogP contribution >= 0.6 is 0 Å². The van der Waals surface area contributed by atoms with Crippen LogP contribution in [0.3, 0.4) is 0 Å². The molecule has 10 aromatic carbocycles. The van der Waals surface area contributed by atoms with Gasteiger partial charge in [-0.2, -0.15) is 0 Å². The molecular weight excluding hydrogens is 739 g/mol. The average molecular weight is 776 g/mol. The van der Waals surface area contributed by atoms with Gasteiger partial charge in [0.2, 0.25) is 0 Å². The second kappa shape index (κ2) is 14.3. The van der Waals surface area contributed by atoms with Gasteiger partial charge in [-0.15, -0.1) is 0 Å². The van der Waals surface area contributed by atoms with Crippen molar-refractivity contribution in [2.24, 2.45) is 0 Å². The fourth-order valence-electron chi connectivity index (χ4n) is 9.26. The van der Waals surface area contributed by atoms with Gasteiger partial charge in [-0.3, -0.25) is 0 Å². The molecule has 0 bridgehead atoms. The first-order chi connectivity index (χ1) is 30.2. The van der Waals surface area contributed by atoms with E-state index in [0.717, 1.165) is 39.3 Å². The maximum absolute atomic E-state index is 5.29. The van der Waals surface area contributed by atoms with Crippen molar-refractivity contribution in [2.45, 2.75) is 0 Å². The fourth-order valence-corrected chi connectivity index (χ4v) is 9.26. The number of fused-ring (bicyclic) bond motifs is 7. The molecule has 0 N–H and O–H groups in total. The molecule has 12 rings (SSSR count). The Kier molecular flexibility index (Phi) is 8.17. The smallest absolute Gasteiger partial charge is 0.160 e. The Hall–Kier alpha value is -8.14. The molecule has 0 radical (unpaired) electrons. The van der Waals surface area contributed by atoms with E-state index in [9.17, 15) is 0 Å². The van der Waals surface area contributed by atoms with Gasteiger partial charge in [-0.1, -0.05) is 188 Å². The van der Waals surface area contributed by atoms with Crippen LogP contribution in [0.1, 0.15) is 0 Å². The molecule has 0 amide bonds. The van der Waals surface area contributed by atoms with Crippen LogP contribution in [-0.4, -0.2) is 14.5 Å². The highest BCUT2D eigenvalue weighted by Crippen LogP contribution is 2.40. The Labute approximate surface area is 353 Å². The molecule has 61 heavy (non-hydrogen) atoms. The van der Waals surface area contributed by atoms with Gasteiger partial charge in [0.05, 0.1) is 22.4 Å². The summed E-state index contributed by atoms with van der Waals surface area (Å²) in [7, 11) is 0. The van der Waals surface area contributed by atoms with E-state index in [-0.39, 0.29) is 0 Å². The first-order valence-electron chi connectivity index (χ1n) is 20.8. The topological polar surface area (TPSA) is 30.7 Å². The zero-order valence-corrected chi connectivity index (χ0v) is 33.2. The molecule has 0 aliphatic rings. The summed E-state index contributed by atoms with van der Waals surface area (Å²) < 4.78 is 2.36. The van der Waals surface area contributed by atoms with Crippen molar-refractivity contribution in [1.29, 1.82) is 0 Å². The van der Waals surface area contributed by atoms with Crippen molar-refractivity contribution in [2.75, 3.05) is 0 Å². The number of nitrogens with zero attached hydrogens (tertiary/aromatic N) is 3. The third-order valence-electron chi connectivity index (χ3n) is 12.2. The Morgan fingerprint density at radius 1 is 0.279 bits per heavy atom. The predicted octanol–water partition coefficient (Wildman–Crippen LogP) is 15.4. The summed E-state index contributed by atoms with van der Waals surface area (Å²) in [5.74, 6) is 0.686. The first kappa shape index (κ1) is 34.9. The maximum atomic E-state index is 5.29. The number of aromatic nitrogens is 3. The number of para-hydroxylation sites is 2. The SMILES string of the molecule is c1ccc(-c2ccc(-c3nc(-c4ccc(-c5c6ccccc6cc6c5ccc5ccccc56)cc4)cc(-c4cccc(-n5c6ccccc6c6ccccc65)c4)n3)cc2)cc1. The number of rotatable bonds is 6. The summed E-state index contributed by atoms with van der Waals surface area (Å²) in [4.78, 5) is 10.6. The lowest BCUT2D eigenvalue weighted by molar-refractivity contribution is 1.16. The molecule has 3 heteroatoms. The van der Waals surface area contributed by atoms with Crippen molar-refractivity contribution < 1.29 is 0 Å². The van der Waals surface area contributed by atoms with Crippen LogP contribution in [-0.2, 0) is 0 Å². The quantitative estimate of drug-likeness (QED) is 0.124. The summed E-state index contributed by atoms with van der Waals surface area (Å²) in [6.45, 7) is 0.